The van der Waals surface area contributed by atoms with E-state index in [1.54, 1.807) is 6.26 Å². The SMILES string of the molecule is CCc1oc2ccoc2c1C. The molecule has 2 heteroatoms. The highest BCUT2D eigenvalue weighted by molar-refractivity contribution is 5.75. The minimum Gasteiger partial charge on any atom is -0.461 e. The van der Waals surface area contributed by atoms with E-state index in [2.05, 4.69) is 6.92 Å². The molecule has 0 amide bonds. The Labute approximate surface area is 64.8 Å². The molecule has 0 aliphatic heterocycles. The maximum Gasteiger partial charge on any atom is 0.175 e. The molecule has 0 aromatic carbocycles. The lowest BCUT2D eigenvalue weighted by Crippen LogP contribution is -1.76. The van der Waals surface area contributed by atoms with Gasteiger partial charge in [0.25, 0.3) is 0 Å². The summed E-state index contributed by atoms with van der Waals surface area (Å²) < 4.78 is 10.7. The molecule has 0 atom stereocenters. The standard InChI is InChI=1S/C9H10O2/c1-3-7-6(2)9-8(11-7)4-5-10-9/h4-5H,3H2,1-2H3. The maximum atomic E-state index is 5.49. The molecule has 2 nitrogen and oxygen atoms in total. The van der Waals surface area contributed by atoms with E-state index in [4.69, 9.17) is 8.83 Å². The van der Waals surface area contributed by atoms with Crippen LogP contribution in [0.4, 0.5) is 0 Å². The zero-order chi connectivity index (χ0) is 7.84. The second-order valence-electron chi connectivity index (χ2n) is 2.62. The van der Waals surface area contributed by atoms with Crippen LogP contribution in [0.15, 0.2) is 21.2 Å². The molecular weight excluding hydrogens is 140 g/mol. The zero-order valence-electron chi connectivity index (χ0n) is 6.68. The van der Waals surface area contributed by atoms with Gasteiger partial charge in [-0.1, -0.05) is 6.92 Å². The van der Waals surface area contributed by atoms with Crippen molar-refractivity contribution < 1.29 is 8.83 Å². The van der Waals surface area contributed by atoms with Gasteiger partial charge in [0.1, 0.15) is 5.76 Å². The first kappa shape index (κ1) is 6.53. The van der Waals surface area contributed by atoms with Gasteiger partial charge in [-0.25, -0.2) is 0 Å². The van der Waals surface area contributed by atoms with Crippen molar-refractivity contribution in [3.8, 4) is 0 Å². The summed E-state index contributed by atoms with van der Waals surface area (Å²) in [6.45, 7) is 4.10. The Balaban J connectivity index is 2.76. The van der Waals surface area contributed by atoms with Gasteiger partial charge in [0.15, 0.2) is 11.2 Å². The fourth-order valence-electron chi connectivity index (χ4n) is 1.32. The summed E-state index contributed by atoms with van der Waals surface area (Å²) in [7, 11) is 0. The normalized spacial score (nSPS) is 11.1. The van der Waals surface area contributed by atoms with Crippen LogP contribution in [-0.4, -0.2) is 0 Å². The highest BCUT2D eigenvalue weighted by Gasteiger charge is 2.10. The number of fused-ring (bicyclic) bond motifs is 1. The van der Waals surface area contributed by atoms with Crippen LogP contribution < -0.4 is 0 Å². The van der Waals surface area contributed by atoms with Gasteiger partial charge in [-0.05, 0) is 6.92 Å². The van der Waals surface area contributed by atoms with E-state index in [0.717, 1.165) is 28.9 Å². The predicted octanol–water partition coefficient (Wildman–Crippen LogP) is 2.90. The van der Waals surface area contributed by atoms with Crippen LogP contribution >= 0.6 is 0 Å². The Morgan fingerprint density at radius 1 is 1.45 bits per heavy atom. The number of hydrogen-bond donors (Lipinski definition) is 0. The first-order chi connectivity index (χ1) is 5.33. The molecular formula is C9H10O2. The van der Waals surface area contributed by atoms with E-state index in [0.29, 0.717) is 0 Å². The molecule has 0 unspecified atom stereocenters. The average molecular weight is 150 g/mol. The van der Waals surface area contributed by atoms with Gasteiger partial charge >= 0.3 is 0 Å². The Bertz CT molecular complexity index is 368. The van der Waals surface area contributed by atoms with Crippen LogP contribution in [-0.2, 0) is 6.42 Å². The second-order valence-corrected chi connectivity index (χ2v) is 2.62. The summed E-state index contributed by atoms with van der Waals surface area (Å²) in [5.74, 6) is 1.03. The first-order valence-electron chi connectivity index (χ1n) is 3.78. The van der Waals surface area contributed by atoms with Crippen molar-refractivity contribution in [2.45, 2.75) is 20.3 Å². The molecule has 0 saturated heterocycles. The third kappa shape index (κ3) is 0.788. The molecule has 0 radical (unpaired) electrons. The fourth-order valence-corrected chi connectivity index (χ4v) is 1.32. The van der Waals surface area contributed by atoms with E-state index >= 15 is 0 Å². The van der Waals surface area contributed by atoms with Gasteiger partial charge in [-0.3, -0.25) is 0 Å². The van der Waals surface area contributed by atoms with Gasteiger partial charge in [0.2, 0.25) is 0 Å². The van der Waals surface area contributed by atoms with E-state index < -0.39 is 0 Å². The monoisotopic (exact) mass is 150 g/mol. The van der Waals surface area contributed by atoms with Gasteiger partial charge in [-0.15, -0.1) is 0 Å². The highest BCUT2D eigenvalue weighted by atomic mass is 16.4. The maximum absolute atomic E-state index is 5.49. The van der Waals surface area contributed by atoms with Crippen LogP contribution in [0.2, 0.25) is 0 Å². The quantitative estimate of drug-likeness (QED) is 0.624. The van der Waals surface area contributed by atoms with Crippen molar-refractivity contribution in [3.63, 3.8) is 0 Å². The third-order valence-electron chi connectivity index (χ3n) is 1.94. The molecule has 0 fully saturated rings. The molecule has 11 heavy (non-hydrogen) atoms. The van der Waals surface area contributed by atoms with E-state index in [1.165, 1.54) is 0 Å². The average Bonchev–Trinajstić information content (AvgIpc) is 2.53. The van der Waals surface area contributed by atoms with E-state index in [1.807, 2.05) is 13.0 Å². The van der Waals surface area contributed by atoms with E-state index in [9.17, 15) is 0 Å². The summed E-state index contributed by atoms with van der Waals surface area (Å²) in [6, 6.07) is 1.85. The molecule has 0 N–H and O–H groups in total. The molecule has 2 aromatic rings. The minimum atomic E-state index is 0.861. The molecule has 0 spiro atoms. The van der Waals surface area contributed by atoms with Crippen LogP contribution in [0.25, 0.3) is 11.2 Å². The predicted molar refractivity (Wildman–Crippen MR) is 42.6 cm³/mol. The van der Waals surface area contributed by atoms with Crippen molar-refractivity contribution >= 4 is 11.2 Å². The van der Waals surface area contributed by atoms with Crippen LogP contribution in [0.1, 0.15) is 18.2 Å². The van der Waals surface area contributed by atoms with Crippen LogP contribution in [0.5, 0.6) is 0 Å². The van der Waals surface area contributed by atoms with Gasteiger partial charge in [0.05, 0.1) is 6.26 Å². The molecule has 2 heterocycles. The van der Waals surface area contributed by atoms with Gasteiger partial charge in [-0.2, -0.15) is 0 Å². The van der Waals surface area contributed by atoms with Crippen LogP contribution in [0.3, 0.4) is 0 Å². The highest BCUT2D eigenvalue weighted by Crippen LogP contribution is 2.25. The lowest BCUT2D eigenvalue weighted by atomic mass is 10.2. The fraction of sp³-hybridized carbons (Fsp3) is 0.333. The molecule has 2 aromatic heterocycles. The molecule has 2 rings (SSSR count). The third-order valence-corrected chi connectivity index (χ3v) is 1.94. The zero-order valence-corrected chi connectivity index (χ0v) is 6.68. The smallest absolute Gasteiger partial charge is 0.175 e. The van der Waals surface area contributed by atoms with Crippen LogP contribution in [0, 0.1) is 6.92 Å². The molecule has 0 bridgehead atoms. The van der Waals surface area contributed by atoms with E-state index in [-0.39, 0.29) is 0 Å². The number of hydrogen-bond acceptors (Lipinski definition) is 2. The summed E-state index contributed by atoms with van der Waals surface area (Å²) in [5, 5.41) is 0. The Hall–Kier alpha value is -1.18. The summed E-state index contributed by atoms with van der Waals surface area (Å²) in [4.78, 5) is 0. The molecule has 0 saturated carbocycles. The summed E-state index contributed by atoms with van der Waals surface area (Å²) in [6.07, 6.45) is 2.58. The largest absolute Gasteiger partial charge is 0.461 e. The second kappa shape index (κ2) is 2.16. The number of aryl methyl sites for hydroxylation is 2. The Morgan fingerprint density at radius 2 is 2.27 bits per heavy atom. The van der Waals surface area contributed by atoms with Crippen molar-refractivity contribution in [1.29, 1.82) is 0 Å². The molecule has 58 valence electrons. The lowest BCUT2D eigenvalue weighted by molar-refractivity contribution is 0.553. The van der Waals surface area contributed by atoms with Gasteiger partial charge < -0.3 is 8.83 Å². The van der Waals surface area contributed by atoms with Crippen molar-refractivity contribution in [2.75, 3.05) is 0 Å². The van der Waals surface area contributed by atoms with Crippen molar-refractivity contribution in [1.82, 2.24) is 0 Å². The van der Waals surface area contributed by atoms with Crippen molar-refractivity contribution in [3.05, 3.63) is 23.7 Å². The topological polar surface area (TPSA) is 26.3 Å². The van der Waals surface area contributed by atoms with Crippen molar-refractivity contribution in [2.24, 2.45) is 0 Å². The molecule has 0 aliphatic rings. The minimum absolute atomic E-state index is 0.861. The Kier molecular flexibility index (Phi) is 1.28. The molecule has 0 aliphatic carbocycles. The number of rotatable bonds is 1. The summed E-state index contributed by atoms with van der Waals surface area (Å²) >= 11 is 0. The lowest BCUT2D eigenvalue weighted by Gasteiger charge is -1.88. The summed E-state index contributed by atoms with van der Waals surface area (Å²) in [5.41, 5.74) is 2.88. The number of furan rings is 2. The first-order valence-corrected chi connectivity index (χ1v) is 3.78. The Morgan fingerprint density at radius 3 is 2.91 bits per heavy atom. The van der Waals surface area contributed by atoms with Gasteiger partial charge in [0, 0.05) is 18.1 Å².